The van der Waals surface area contributed by atoms with E-state index in [0.29, 0.717) is 0 Å². The summed E-state index contributed by atoms with van der Waals surface area (Å²) in [5.41, 5.74) is 6.13. The smallest absolute Gasteiger partial charge is 0.00859 e. The molecule has 1 aliphatic carbocycles. The first-order valence-corrected chi connectivity index (χ1v) is 6.80. The van der Waals surface area contributed by atoms with Crippen LogP contribution in [-0.4, -0.2) is 0 Å². The number of unbranched alkanes of at least 4 members (excludes halogenated alkanes) is 1. The molecule has 0 aromatic heterocycles. The average molecular weight is 240 g/mol. The third kappa shape index (κ3) is 4.41. The topological polar surface area (TPSA) is 0 Å². The number of hydrogen-bond acceptors (Lipinski definition) is 0. The monoisotopic (exact) mass is 240 g/mol. The molecule has 0 aliphatic heterocycles. The first-order chi connectivity index (χ1) is 8.69. The molecule has 0 N–H and O–H groups in total. The Bertz CT molecular complexity index is 433. The van der Waals surface area contributed by atoms with E-state index >= 15 is 0 Å². The molecule has 0 unspecified atom stereocenters. The van der Waals surface area contributed by atoms with Crippen molar-refractivity contribution < 1.29 is 0 Å². The van der Waals surface area contributed by atoms with Crippen molar-refractivity contribution in [3.63, 3.8) is 0 Å². The van der Waals surface area contributed by atoms with Crippen molar-refractivity contribution in [3.8, 4) is 11.8 Å². The summed E-state index contributed by atoms with van der Waals surface area (Å²) in [7, 11) is 0. The Kier molecular flexibility index (Phi) is 6.29. The quantitative estimate of drug-likeness (QED) is 0.482. The van der Waals surface area contributed by atoms with Crippen LogP contribution in [0.1, 0.15) is 51.7 Å². The minimum Gasteiger partial charge on any atom is -0.107 e. The second-order valence-electron chi connectivity index (χ2n) is 4.86. The minimum atomic E-state index is 1.05. The average Bonchev–Trinajstić information content (AvgIpc) is 2.38. The molecule has 2 rings (SSSR count). The highest BCUT2D eigenvalue weighted by Crippen LogP contribution is 2.24. The van der Waals surface area contributed by atoms with Crippen LogP contribution in [0.2, 0.25) is 0 Å². The highest BCUT2D eigenvalue weighted by molar-refractivity contribution is 5.39. The van der Waals surface area contributed by atoms with Gasteiger partial charge in [0.1, 0.15) is 0 Å². The molecular weight excluding hydrogens is 216 g/mol. The molecule has 96 valence electrons. The van der Waals surface area contributed by atoms with Crippen LogP contribution in [0, 0.1) is 11.8 Å². The fraction of sp³-hybridized carbons (Fsp3) is 0.444. The van der Waals surface area contributed by atoms with Crippen molar-refractivity contribution >= 4 is 0 Å². The van der Waals surface area contributed by atoms with Gasteiger partial charge in [-0.1, -0.05) is 42.3 Å². The minimum absolute atomic E-state index is 1.05. The summed E-state index contributed by atoms with van der Waals surface area (Å²) in [6.45, 7) is 8.48. The maximum absolute atomic E-state index is 2.95. The molecule has 0 heteroatoms. The predicted octanol–water partition coefficient (Wildman–Crippen LogP) is 4.93. The zero-order valence-electron chi connectivity index (χ0n) is 12.1. The number of benzene rings is 1. The molecule has 18 heavy (non-hydrogen) atoms. The summed E-state index contributed by atoms with van der Waals surface area (Å²) in [4.78, 5) is 0. The molecule has 0 saturated heterocycles. The zero-order valence-corrected chi connectivity index (χ0v) is 12.1. The lowest BCUT2D eigenvalue weighted by atomic mass is 9.88. The van der Waals surface area contributed by atoms with Crippen molar-refractivity contribution in [2.75, 3.05) is 0 Å². The third-order valence-corrected chi connectivity index (χ3v) is 3.31. The fourth-order valence-corrected chi connectivity index (χ4v) is 2.03. The summed E-state index contributed by atoms with van der Waals surface area (Å²) in [6, 6.07) is 8.75. The molecule has 0 radical (unpaired) electrons. The van der Waals surface area contributed by atoms with Gasteiger partial charge in [0, 0.05) is 6.42 Å². The SMILES string of the molecule is CC#CCCC.CC1=C(C)Cc2ccccc2C1. The molecule has 1 aromatic carbocycles. The van der Waals surface area contributed by atoms with E-state index in [9.17, 15) is 0 Å². The maximum Gasteiger partial charge on any atom is 0.00859 e. The van der Waals surface area contributed by atoms with E-state index in [1.807, 2.05) is 6.92 Å². The van der Waals surface area contributed by atoms with Crippen LogP contribution >= 0.6 is 0 Å². The van der Waals surface area contributed by atoms with Crippen LogP contribution in [0.15, 0.2) is 35.4 Å². The molecule has 0 saturated carbocycles. The van der Waals surface area contributed by atoms with Crippen LogP contribution < -0.4 is 0 Å². The molecule has 1 aliphatic rings. The van der Waals surface area contributed by atoms with E-state index < -0.39 is 0 Å². The molecule has 0 bridgehead atoms. The third-order valence-electron chi connectivity index (χ3n) is 3.31. The Morgan fingerprint density at radius 2 is 1.50 bits per heavy atom. The molecule has 0 nitrogen and oxygen atoms in total. The summed E-state index contributed by atoms with van der Waals surface area (Å²) in [5.74, 6) is 5.77. The van der Waals surface area contributed by atoms with Crippen molar-refractivity contribution in [2.45, 2.75) is 53.4 Å². The molecule has 1 aromatic rings. The lowest BCUT2D eigenvalue weighted by molar-refractivity contribution is 0.952. The standard InChI is InChI=1S/C12H14.C6H10/c1-9-7-11-5-3-4-6-12(11)8-10(9)2;1-3-5-6-4-2/h3-6H,7-8H2,1-2H3;3,5H2,1-2H3. The van der Waals surface area contributed by atoms with Crippen molar-refractivity contribution in [3.05, 3.63) is 46.5 Å². The van der Waals surface area contributed by atoms with Gasteiger partial charge < -0.3 is 0 Å². The van der Waals surface area contributed by atoms with Crippen LogP contribution in [0.3, 0.4) is 0 Å². The van der Waals surface area contributed by atoms with E-state index in [1.54, 1.807) is 11.1 Å². The predicted molar refractivity (Wildman–Crippen MR) is 80.6 cm³/mol. The van der Waals surface area contributed by atoms with Gasteiger partial charge in [0.25, 0.3) is 0 Å². The molecule has 0 spiro atoms. The van der Waals surface area contributed by atoms with Crippen LogP contribution in [0.4, 0.5) is 0 Å². The first-order valence-electron chi connectivity index (χ1n) is 6.80. The Morgan fingerprint density at radius 1 is 1.00 bits per heavy atom. The van der Waals surface area contributed by atoms with E-state index in [0.717, 1.165) is 19.3 Å². The van der Waals surface area contributed by atoms with E-state index in [-0.39, 0.29) is 0 Å². The molecule has 0 amide bonds. The molecule has 0 fully saturated rings. The van der Waals surface area contributed by atoms with Gasteiger partial charge in [-0.2, -0.15) is 0 Å². The van der Waals surface area contributed by atoms with Gasteiger partial charge in [0.15, 0.2) is 0 Å². The van der Waals surface area contributed by atoms with Crippen molar-refractivity contribution in [2.24, 2.45) is 0 Å². The van der Waals surface area contributed by atoms with Crippen molar-refractivity contribution in [1.82, 2.24) is 0 Å². The van der Waals surface area contributed by atoms with Gasteiger partial charge in [-0.15, -0.1) is 11.8 Å². The first kappa shape index (κ1) is 14.6. The van der Waals surface area contributed by atoms with E-state index in [2.05, 4.69) is 56.9 Å². The molecular formula is C18H24. The Labute approximate surface area is 112 Å². The summed E-state index contributed by atoms with van der Waals surface area (Å²) >= 11 is 0. The zero-order chi connectivity index (χ0) is 13.4. The number of allylic oxidation sites excluding steroid dienone is 2. The van der Waals surface area contributed by atoms with E-state index in [4.69, 9.17) is 0 Å². The van der Waals surface area contributed by atoms with Crippen molar-refractivity contribution in [1.29, 1.82) is 0 Å². The number of rotatable bonds is 1. The summed E-state index contributed by atoms with van der Waals surface area (Å²) in [5, 5.41) is 0. The molecule has 0 atom stereocenters. The fourth-order valence-electron chi connectivity index (χ4n) is 2.03. The number of hydrogen-bond donors (Lipinski definition) is 0. The second kappa shape index (κ2) is 7.77. The lowest BCUT2D eigenvalue weighted by Gasteiger charge is -2.18. The lowest BCUT2D eigenvalue weighted by Crippen LogP contribution is -2.04. The van der Waals surface area contributed by atoms with Crippen LogP contribution in [0.5, 0.6) is 0 Å². The van der Waals surface area contributed by atoms with Crippen LogP contribution in [0.25, 0.3) is 0 Å². The maximum atomic E-state index is 2.95. The summed E-state index contributed by atoms with van der Waals surface area (Å²) < 4.78 is 0. The van der Waals surface area contributed by atoms with Gasteiger partial charge in [-0.05, 0) is 51.2 Å². The molecule has 0 heterocycles. The van der Waals surface area contributed by atoms with E-state index in [1.165, 1.54) is 17.5 Å². The Balaban J connectivity index is 0.000000232. The van der Waals surface area contributed by atoms with Gasteiger partial charge in [-0.3, -0.25) is 0 Å². The van der Waals surface area contributed by atoms with Gasteiger partial charge in [0.05, 0.1) is 0 Å². The van der Waals surface area contributed by atoms with Crippen LogP contribution in [-0.2, 0) is 12.8 Å². The Morgan fingerprint density at radius 3 is 1.83 bits per heavy atom. The normalized spacial score (nSPS) is 12.9. The Hall–Kier alpha value is -1.48. The second-order valence-corrected chi connectivity index (χ2v) is 4.86. The number of fused-ring (bicyclic) bond motifs is 1. The van der Waals surface area contributed by atoms with Gasteiger partial charge >= 0.3 is 0 Å². The largest absolute Gasteiger partial charge is 0.107 e. The van der Waals surface area contributed by atoms with Gasteiger partial charge in [-0.25, -0.2) is 0 Å². The van der Waals surface area contributed by atoms with Gasteiger partial charge in [0.2, 0.25) is 0 Å². The highest BCUT2D eigenvalue weighted by Gasteiger charge is 2.10. The summed E-state index contributed by atoms with van der Waals surface area (Å²) in [6.07, 6.45) is 4.54. The highest BCUT2D eigenvalue weighted by atomic mass is 14.2.